The van der Waals surface area contributed by atoms with E-state index in [0.29, 0.717) is 5.69 Å². The van der Waals surface area contributed by atoms with Crippen LogP contribution in [0.15, 0.2) is 11.4 Å². The van der Waals surface area contributed by atoms with E-state index in [-0.39, 0.29) is 5.91 Å². The fourth-order valence-corrected chi connectivity index (χ4v) is 5.27. The molecule has 1 atom stereocenters. The zero-order valence-electron chi connectivity index (χ0n) is 15.8. The first-order valence-electron chi connectivity index (χ1n) is 9.76. The molecule has 26 heavy (non-hydrogen) atoms. The fraction of sp³-hybridized carbons (Fsp3) is 0.600. The number of aromatic nitrogens is 2. The molecule has 0 radical (unpaired) electrons. The zero-order chi connectivity index (χ0) is 18.1. The quantitative estimate of drug-likeness (QED) is 0.821. The number of piperidine rings is 1. The highest BCUT2D eigenvalue weighted by molar-refractivity contribution is 7.10. The highest BCUT2D eigenvalue weighted by Gasteiger charge is 2.27. The second-order valence-corrected chi connectivity index (χ2v) is 8.71. The van der Waals surface area contributed by atoms with Gasteiger partial charge in [0.2, 0.25) is 0 Å². The normalized spacial score (nSPS) is 19.8. The Morgan fingerprint density at radius 1 is 1.42 bits per heavy atom. The number of fused-ring (bicyclic) bond motifs is 3. The van der Waals surface area contributed by atoms with E-state index in [1.165, 1.54) is 36.4 Å². The van der Waals surface area contributed by atoms with Crippen LogP contribution in [0.2, 0.25) is 0 Å². The lowest BCUT2D eigenvalue weighted by Crippen LogP contribution is -2.36. The summed E-state index contributed by atoms with van der Waals surface area (Å²) >= 11 is 1.80. The summed E-state index contributed by atoms with van der Waals surface area (Å²) in [7, 11) is 1.94. The summed E-state index contributed by atoms with van der Waals surface area (Å²) in [6.45, 7) is 6.53. The van der Waals surface area contributed by atoms with Gasteiger partial charge in [-0.2, -0.15) is 5.10 Å². The maximum Gasteiger partial charge on any atom is 0.272 e. The fourth-order valence-electron chi connectivity index (χ4n) is 4.39. The number of nitrogens with zero attached hydrogens (tertiary/aromatic N) is 3. The van der Waals surface area contributed by atoms with E-state index < -0.39 is 0 Å². The van der Waals surface area contributed by atoms with Crippen LogP contribution in [-0.4, -0.2) is 46.8 Å². The third-order valence-electron chi connectivity index (χ3n) is 5.64. The van der Waals surface area contributed by atoms with Gasteiger partial charge in [-0.1, -0.05) is 6.92 Å². The number of hydrogen-bond donors (Lipinski definition) is 1. The SMILES string of the molecule is C[C@H]1CCCN(CCCNC(=O)c2nn(C)c3c2CCc2sccc2-3)C1. The first-order chi connectivity index (χ1) is 12.6. The van der Waals surface area contributed by atoms with Crippen LogP contribution in [0.3, 0.4) is 0 Å². The van der Waals surface area contributed by atoms with Crippen molar-refractivity contribution in [2.75, 3.05) is 26.2 Å². The average molecular weight is 373 g/mol. The van der Waals surface area contributed by atoms with Gasteiger partial charge in [0.25, 0.3) is 5.91 Å². The maximum absolute atomic E-state index is 12.7. The first-order valence-corrected chi connectivity index (χ1v) is 10.6. The Labute approximate surface area is 159 Å². The summed E-state index contributed by atoms with van der Waals surface area (Å²) in [4.78, 5) is 16.6. The van der Waals surface area contributed by atoms with Crippen molar-refractivity contribution in [2.45, 2.75) is 39.0 Å². The molecule has 2 aromatic heterocycles. The molecular formula is C20H28N4OS. The van der Waals surface area contributed by atoms with Crippen LogP contribution in [0.1, 0.15) is 47.1 Å². The molecule has 1 aliphatic heterocycles. The number of carbonyl (C=O) groups excluding carboxylic acids is 1. The lowest BCUT2D eigenvalue weighted by Gasteiger charge is -2.30. The van der Waals surface area contributed by atoms with Crippen LogP contribution < -0.4 is 5.32 Å². The first kappa shape index (κ1) is 17.7. The number of carbonyl (C=O) groups is 1. The minimum atomic E-state index is -0.0208. The predicted octanol–water partition coefficient (Wildman–Crippen LogP) is 3.10. The molecule has 1 amide bonds. The second-order valence-electron chi connectivity index (χ2n) is 7.71. The average Bonchev–Trinajstić information content (AvgIpc) is 3.22. The van der Waals surface area contributed by atoms with Crippen LogP contribution in [0.25, 0.3) is 11.3 Å². The monoisotopic (exact) mass is 372 g/mol. The third kappa shape index (κ3) is 3.45. The van der Waals surface area contributed by atoms with E-state index in [2.05, 4.69) is 33.7 Å². The molecule has 1 aliphatic carbocycles. The van der Waals surface area contributed by atoms with Crippen LogP contribution in [-0.2, 0) is 19.9 Å². The highest BCUT2D eigenvalue weighted by atomic mass is 32.1. The molecule has 0 unspecified atom stereocenters. The minimum Gasteiger partial charge on any atom is -0.351 e. The van der Waals surface area contributed by atoms with Gasteiger partial charge in [0.05, 0.1) is 5.69 Å². The Bertz CT molecular complexity index is 794. The molecule has 2 aliphatic rings. The minimum absolute atomic E-state index is 0.0208. The van der Waals surface area contributed by atoms with Gasteiger partial charge in [0.15, 0.2) is 5.69 Å². The van der Waals surface area contributed by atoms with E-state index in [0.717, 1.165) is 49.5 Å². The summed E-state index contributed by atoms with van der Waals surface area (Å²) < 4.78 is 1.88. The maximum atomic E-state index is 12.7. The number of likely N-dealkylation sites (tertiary alicyclic amines) is 1. The van der Waals surface area contributed by atoms with Crippen molar-refractivity contribution in [2.24, 2.45) is 13.0 Å². The van der Waals surface area contributed by atoms with Crippen molar-refractivity contribution in [3.63, 3.8) is 0 Å². The largest absolute Gasteiger partial charge is 0.351 e. The standard InChI is InChI=1S/C20H28N4OS/c1-14-5-3-10-24(13-14)11-4-9-21-20(25)18-16-6-7-17-15(8-12-26-17)19(16)23(2)22-18/h8,12,14H,3-7,9-11,13H2,1-2H3,(H,21,25)/t14-/m0/s1. The Morgan fingerprint density at radius 3 is 3.15 bits per heavy atom. The number of rotatable bonds is 5. The van der Waals surface area contributed by atoms with Crippen molar-refractivity contribution in [1.82, 2.24) is 20.0 Å². The predicted molar refractivity (Wildman–Crippen MR) is 106 cm³/mol. The van der Waals surface area contributed by atoms with Crippen molar-refractivity contribution in [3.8, 4) is 11.3 Å². The van der Waals surface area contributed by atoms with E-state index >= 15 is 0 Å². The number of hydrogen-bond acceptors (Lipinski definition) is 4. The van der Waals surface area contributed by atoms with E-state index in [4.69, 9.17) is 0 Å². The van der Waals surface area contributed by atoms with Crippen molar-refractivity contribution >= 4 is 17.2 Å². The molecule has 1 saturated heterocycles. The Kier molecular flexibility index (Phi) is 5.14. The van der Waals surface area contributed by atoms with Crippen LogP contribution in [0.4, 0.5) is 0 Å². The molecule has 6 heteroatoms. The van der Waals surface area contributed by atoms with Gasteiger partial charge < -0.3 is 10.2 Å². The van der Waals surface area contributed by atoms with Crippen molar-refractivity contribution < 1.29 is 4.79 Å². The summed E-state index contributed by atoms with van der Waals surface area (Å²) in [6.07, 6.45) is 5.58. The van der Waals surface area contributed by atoms with Gasteiger partial charge >= 0.3 is 0 Å². The molecule has 5 nitrogen and oxygen atoms in total. The van der Waals surface area contributed by atoms with Gasteiger partial charge in [-0.15, -0.1) is 11.3 Å². The van der Waals surface area contributed by atoms with Crippen molar-refractivity contribution in [3.05, 3.63) is 27.6 Å². The molecule has 0 saturated carbocycles. The number of thiophene rings is 1. The molecule has 1 N–H and O–H groups in total. The van der Waals surface area contributed by atoms with Crippen LogP contribution >= 0.6 is 11.3 Å². The number of aryl methyl sites for hydroxylation is 2. The molecule has 1 fully saturated rings. The second kappa shape index (κ2) is 7.53. The topological polar surface area (TPSA) is 50.2 Å². The highest BCUT2D eigenvalue weighted by Crippen LogP contribution is 2.37. The number of amides is 1. The third-order valence-corrected chi connectivity index (χ3v) is 6.62. The Hall–Kier alpha value is -1.66. The number of nitrogens with one attached hydrogen (secondary N) is 1. The van der Waals surface area contributed by atoms with Gasteiger partial charge in [-0.3, -0.25) is 9.48 Å². The lowest BCUT2D eigenvalue weighted by molar-refractivity contribution is 0.0943. The van der Waals surface area contributed by atoms with Gasteiger partial charge in [0.1, 0.15) is 0 Å². The zero-order valence-corrected chi connectivity index (χ0v) is 16.6. The van der Waals surface area contributed by atoms with Crippen LogP contribution in [0, 0.1) is 5.92 Å². The molecule has 0 spiro atoms. The molecule has 4 rings (SSSR count). The van der Waals surface area contributed by atoms with E-state index in [1.807, 2.05) is 11.7 Å². The summed E-state index contributed by atoms with van der Waals surface area (Å²) in [5, 5.41) is 9.77. The lowest BCUT2D eigenvalue weighted by atomic mass is 9.94. The molecule has 0 bridgehead atoms. The Balaban J connectivity index is 1.35. The molecule has 2 aromatic rings. The van der Waals surface area contributed by atoms with Gasteiger partial charge in [0, 0.05) is 36.1 Å². The van der Waals surface area contributed by atoms with E-state index in [1.54, 1.807) is 11.3 Å². The summed E-state index contributed by atoms with van der Waals surface area (Å²) in [6, 6.07) is 2.15. The molecule has 3 heterocycles. The summed E-state index contributed by atoms with van der Waals surface area (Å²) in [5.74, 6) is 0.785. The molecule has 0 aromatic carbocycles. The molecular weight excluding hydrogens is 344 g/mol. The van der Waals surface area contributed by atoms with E-state index in [9.17, 15) is 4.79 Å². The van der Waals surface area contributed by atoms with Gasteiger partial charge in [-0.05, 0) is 62.6 Å². The van der Waals surface area contributed by atoms with Crippen LogP contribution in [0.5, 0.6) is 0 Å². The van der Waals surface area contributed by atoms with Crippen molar-refractivity contribution in [1.29, 1.82) is 0 Å². The molecule has 140 valence electrons. The van der Waals surface area contributed by atoms with Gasteiger partial charge in [-0.25, -0.2) is 0 Å². The summed E-state index contributed by atoms with van der Waals surface area (Å²) in [5.41, 5.74) is 4.11. The Morgan fingerprint density at radius 2 is 2.31 bits per heavy atom. The smallest absolute Gasteiger partial charge is 0.272 e.